The highest BCUT2D eigenvalue weighted by molar-refractivity contribution is 5.99. The number of pyridine rings is 1. The van der Waals surface area contributed by atoms with Crippen LogP contribution >= 0.6 is 0 Å². The Morgan fingerprint density at radius 1 is 1.07 bits per heavy atom. The van der Waals surface area contributed by atoms with E-state index >= 15 is 0 Å². The number of benzene rings is 2. The Bertz CT molecular complexity index is 977. The third-order valence-corrected chi connectivity index (χ3v) is 4.75. The molecular formula is C24H22N2O3. The normalized spacial score (nSPS) is 13.5. The zero-order valence-electron chi connectivity index (χ0n) is 16.2. The van der Waals surface area contributed by atoms with Crippen LogP contribution in [-0.4, -0.2) is 24.1 Å². The first kappa shape index (κ1) is 18.7. The number of carbonyl (C=O) groups is 1. The monoisotopic (exact) mass is 386 g/mol. The van der Waals surface area contributed by atoms with Crippen molar-refractivity contribution in [1.82, 2.24) is 10.3 Å². The second kappa shape index (κ2) is 8.61. The highest BCUT2D eigenvalue weighted by Crippen LogP contribution is 2.36. The van der Waals surface area contributed by atoms with Gasteiger partial charge in [-0.3, -0.25) is 9.78 Å². The molecular weight excluding hydrogens is 364 g/mol. The van der Waals surface area contributed by atoms with E-state index in [4.69, 9.17) is 9.47 Å². The van der Waals surface area contributed by atoms with E-state index in [1.165, 1.54) is 0 Å². The number of amides is 1. The largest absolute Gasteiger partial charge is 0.490 e. The second-order valence-corrected chi connectivity index (χ2v) is 6.66. The molecule has 1 aliphatic rings. The Balaban J connectivity index is 1.61. The zero-order valence-corrected chi connectivity index (χ0v) is 16.2. The minimum absolute atomic E-state index is 0.164. The maximum absolute atomic E-state index is 13.1. The second-order valence-electron chi connectivity index (χ2n) is 6.66. The van der Waals surface area contributed by atoms with Gasteiger partial charge in [-0.25, -0.2) is 0 Å². The number of nitrogens with zero attached hydrogens (tertiary/aromatic N) is 1. The van der Waals surface area contributed by atoms with Crippen molar-refractivity contribution in [2.24, 2.45) is 0 Å². The molecule has 29 heavy (non-hydrogen) atoms. The van der Waals surface area contributed by atoms with Crippen LogP contribution in [0.5, 0.6) is 11.5 Å². The SMILES string of the molecule is CCOc1cccc2c1OCC(C(=O)NC(c1ccccc1)c1ccncc1)=C2. The van der Waals surface area contributed by atoms with Crippen LogP contribution < -0.4 is 14.8 Å². The summed E-state index contributed by atoms with van der Waals surface area (Å²) in [7, 11) is 0. The summed E-state index contributed by atoms with van der Waals surface area (Å²) >= 11 is 0. The molecule has 1 aliphatic heterocycles. The van der Waals surface area contributed by atoms with Crippen molar-refractivity contribution < 1.29 is 14.3 Å². The highest BCUT2D eigenvalue weighted by atomic mass is 16.5. The average molecular weight is 386 g/mol. The smallest absolute Gasteiger partial charge is 0.251 e. The third-order valence-electron chi connectivity index (χ3n) is 4.75. The number of hydrogen-bond donors (Lipinski definition) is 1. The predicted octanol–water partition coefficient (Wildman–Crippen LogP) is 4.16. The molecule has 0 radical (unpaired) electrons. The lowest BCUT2D eigenvalue weighted by atomic mass is 9.98. The third kappa shape index (κ3) is 4.14. The number of nitrogens with one attached hydrogen (secondary N) is 1. The highest BCUT2D eigenvalue weighted by Gasteiger charge is 2.23. The molecule has 1 atom stereocenters. The van der Waals surface area contributed by atoms with Gasteiger partial charge in [-0.05, 0) is 42.3 Å². The number of fused-ring (bicyclic) bond motifs is 1. The minimum atomic E-state index is -0.274. The molecule has 1 unspecified atom stereocenters. The van der Waals surface area contributed by atoms with Crippen LogP contribution in [0.15, 0.2) is 78.6 Å². The Hall–Kier alpha value is -3.60. The zero-order chi connectivity index (χ0) is 20.1. The summed E-state index contributed by atoms with van der Waals surface area (Å²) < 4.78 is 11.5. The number of aromatic nitrogens is 1. The molecule has 1 amide bonds. The molecule has 0 spiro atoms. The first-order valence-corrected chi connectivity index (χ1v) is 9.61. The van der Waals surface area contributed by atoms with E-state index in [2.05, 4.69) is 10.3 Å². The van der Waals surface area contributed by atoms with Gasteiger partial charge in [0, 0.05) is 18.0 Å². The van der Waals surface area contributed by atoms with Crippen molar-refractivity contribution in [1.29, 1.82) is 0 Å². The first-order valence-electron chi connectivity index (χ1n) is 9.61. The van der Waals surface area contributed by atoms with Gasteiger partial charge in [0.15, 0.2) is 11.5 Å². The number of hydrogen-bond acceptors (Lipinski definition) is 4. The van der Waals surface area contributed by atoms with E-state index < -0.39 is 0 Å². The van der Waals surface area contributed by atoms with E-state index in [0.717, 1.165) is 16.7 Å². The van der Waals surface area contributed by atoms with Crippen molar-refractivity contribution >= 4 is 12.0 Å². The van der Waals surface area contributed by atoms with Gasteiger partial charge in [-0.2, -0.15) is 0 Å². The van der Waals surface area contributed by atoms with Gasteiger partial charge in [0.05, 0.1) is 18.2 Å². The first-order chi connectivity index (χ1) is 14.3. The van der Waals surface area contributed by atoms with Gasteiger partial charge in [-0.15, -0.1) is 0 Å². The van der Waals surface area contributed by atoms with Crippen molar-refractivity contribution in [2.45, 2.75) is 13.0 Å². The van der Waals surface area contributed by atoms with Gasteiger partial charge < -0.3 is 14.8 Å². The van der Waals surface area contributed by atoms with Crippen molar-refractivity contribution in [2.75, 3.05) is 13.2 Å². The van der Waals surface area contributed by atoms with Crippen molar-refractivity contribution in [3.63, 3.8) is 0 Å². The molecule has 2 heterocycles. The Morgan fingerprint density at radius 3 is 2.59 bits per heavy atom. The molecule has 146 valence electrons. The van der Waals surface area contributed by atoms with Crippen LogP contribution in [0.2, 0.25) is 0 Å². The lowest BCUT2D eigenvalue weighted by Gasteiger charge is -2.23. The van der Waals surface area contributed by atoms with Gasteiger partial charge in [-0.1, -0.05) is 42.5 Å². The lowest BCUT2D eigenvalue weighted by molar-refractivity contribution is -0.118. The molecule has 4 rings (SSSR count). The fraction of sp³-hybridized carbons (Fsp3) is 0.167. The fourth-order valence-electron chi connectivity index (χ4n) is 3.36. The molecule has 1 N–H and O–H groups in total. The summed E-state index contributed by atoms with van der Waals surface area (Å²) in [6.45, 7) is 2.68. The van der Waals surface area contributed by atoms with Crippen LogP contribution in [0.4, 0.5) is 0 Å². The molecule has 0 fully saturated rings. The summed E-state index contributed by atoms with van der Waals surface area (Å²) in [6, 6.07) is 19.1. The minimum Gasteiger partial charge on any atom is -0.490 e. The average Bonchev–Trinajstić information content (AvgIpc) is 2.78. The maximum Gasteiger partial charge on any atom is 0.251 e. The maximum atomic E-state index is 13.1. The van der Waals surface area contributed by atoms with E-state index in [1.807, 2.05) is 73.7 Å². The molecule has 1 aromatic heterocycles. The van der Waals surface area contributed by atoms with Crippen LogP contribution in [0.1, 0.15) is 29.7 Å². The molecule has 0 bridgehead atoms. The Morgan fingerprint density at radius 2 is 1.83 bits per heavy atom. The van der Waals surface area contributed by atoms with E-state index in [9.17, 15) is 4.79 Å². The topological polar surface area (TPSA) is 60.5 Å². The fourth-order valence-corrected chi connectivity index (χ4v) is 3.36. The van der Waals surface area contributed by atoms with E-state index in [-0.39, 0.29) is 18.6 Å². The van der Waals surface area contributed by atoms with Crippen LogP contribution in [0, 0.1) is 0 Å². The number of carbonyl (C=O) groups excluding carboxylic acids is 1. The summed E-state index contributed by atoms with van der Waals surface area (Å²) in [4.78, 5) is 17.2. The van der Waals surface area contributed by atoms with Gasteiger partial charge in [0.2, 0.25) is 0 Å². The summed E-state index contributed by atoms with van der Waals surface area (Å²) in [5.74, 6) is 1.21. The molecule has 0 saturated heterocycles. The summed E-state index contributed by atoms with van der Waals surface area (Å²) in [5.41, 5.74) is 3.38. The summed E-state index contributed by atoms with van der Waals surface area (Å²) in [5, 5.41) is 3.14. The molecule has 5 nitrogen and oxygen atoms in total. The van der Waals surface area contributed by atoms with Gasteiger partial charge >= 0.3 is 0 Å². The standard InChI is InChI=1S/C24H22N2O3/c1-2-28-21-10-6-9-19-15-20(16-29-23(19)21)24(27)26-22(17-7-4-3-5-8-17)18-11-13-25-14-12-18/h3-15,22H,2,16H2,1H3,(H,26,27). The van der Waals surface area contributed by atoms with E-state index in [1.54, 1.807) is 12.4 Å². The van der Waals surface area contributed by atoms with Crippen LogP contribution in [-0.2, 0) is 4.79 Å². The van der Waals surface area contributed by atoms with Crippen LogP contribution in [0.25, 0.3) is 6.08 Å². The van der Waals surface area contributed by atoms with Gasteiger partial charge in [0.1, 0.15) is 6.61 Å². The molecule has 0 saturated carbocycles. The molecule has 3 aromatic rings. The van der Waals surface area contributed by atoms with E-state index in [0.29, 0.717) is 23.7 Å². The lowest BCUT2D eigenvalue weighted by Crippen LogP contribution is -2.32. The predicted molar refractivity (Wildman–Crippen MR) is 112 cm³/mol. The van der Waals surface area contributed by atoms with Crippen LogP contribution in [0.3, 0.4) is 0 Å². The number of para-hydroxylation sites is 1. The van der Waals surface area contributed by atoms with Crippen molar-refractivity contribution in [3.05, 3.63) is 95.3 Å². The number of rotatable bonds is 6. The number of ether oxygens (including phenoxy) is 2. The quantitative estimate of drug-likeness (QED) is 0.691. The molecule has 2 aromatic carbocycles. The van der Waals surface area contributed by atoms with Gasteiger partial charge in [0.25, 0.3) is 5.91 Å². The summed E-state index contributed by atoms with van der Waals surface area (Å²) in [6.07, 6.45) is 5.32. The Labute approximate surface area is 170 Å². The molecule has 0 aliphatic carbocycles. The molecule has 5 heteroatoms. The van der Waals surface area contributed by atoms with Crippen molar-refractivity contribution in [3.8, 4) is 11.5 Å². The Kier molecular flexibility index (Phi) is 5.56.